The molecule has 0 saturated carbocycles. The fourth-order valence-electron chi connectivity index (χ4n) is 4.76. The molecule has 194 valence electrons. The molecule has 1 aromatic carbocycles. The van der Waals surface area contributed by atoms with E-state index in [1.165, 1.54) is 32.6 Å². The topological polar surface area (TPSA) is 117 Å². The van der Waals surface area contributed by atoms with Gasteiger partial charge in [-0.05, 0) is 43.4 Å². The summed E-state index contributed by atoms with van der Waals surface area (Å²) in [6.07, 6.45) is 2.80. The van der Waals surface area contributed by atoms with Gasteiger partial charge < -0.3 is 19.5 Å². The maximum Gasteiger partial charge on any atom is 0.294 e. The largest absolute Gasteiger partial charge is 0.502 e. The molecule has 12 heteroatoms. The molecule has 0 aliphatic carbocycles. The van der Waals surface area contributed by atoms with E-state index in [4.69, 9.17) is 11.6 Å². The number of hydrogen-bond donors (Lipinski definition) is 1. The summed E-state index contributed by atoms with van der Waals surface area (Å²) in [5, 5.41) is 10.7. The molecule has 2 aromatic rings. The first kappa shape index (κ1) is 26.2. The van der Waals surface area contributed by atoms with Gasteiger partial charge in [0, 0.05) is 44.5 Å². The average molecular weight is 540 g/mol. The van der Waals surface area contributed by atoms with Gasteiger partial charge in [0.05, 0.1) is 16.3 Å². The highest BCUT2D eigenvalue weighted by Crippen LogP contribution is 2.30. The smallest absolute Gasteiger partial charge is 0.294 e. The van der Waals surface area contributed by atoms with Gasteiger partial charge in [0.25, 0.3) is 17.4 Å². The molecule has 0 radical (unpaired) electrons. The summed E-state index contributed by atoms with van der Waals surface area (Å²) < 4.78 is 37.8. The van der Waals surface area contributed by atoms with Crippen molar-refractivity contribution in [3.05, 3.63) is 61.8 Å². The van der Waals surface area contributed by atoms with Crippen molar-refractivity contribution in [2.75, 3.05) is 31.6 Å². The molecular weight excluding hydrogens is 513 g/mol. The number of sulfone groups is 1. The molecular formula is C24H27ClFN3O6S. The summed E-state index contributed by atoms with van der Waals surface area (Å²) in [7, 11) is -3.20. The zero-order valence-corrected chi connectivity index (χ0v) is 21.4. The van der Waals surface area contributed by atoms with Gasteiger partial charge in [-0.25, -0.2) is 12.8 Å². The third kappa shape index (κ3) is 5.27. The lowest BCUT2D eigenvalue weighted by Gasteiger charge is -2.33. The minimum absolute atomic E-state index is 0.0713. The van der Waals surface area contributed by atoms with Crippen LogP contribution >= 0.6 is 11.6 Å². The van der Waals surface area contributed by atoms with Crippen molar-refractivity contribution >= 4 is 33.3 Å². The molecule has 9 nitrogen and oxygen atoms in total. The second kappa shape index (κ2) is 10.2. The van der Waals surface area contributed by atoms with E-state index >= 15 is 0 Å². The molecule has 4 rings (SSSR count). The van der Waals surface area contributed by atoms with E-state index in [0.29, 0.717) is 30.5 Å². The molecule has 36 heavy (non-hydrogen) atoms. The van der Waals surface area contributed by atoms with E-state index in [0.717, 1.165) is 6.26 Å². The lowest BCUT2D eigenvalue weighted by Crippen LogP contribution is -2.45. The van der Waals surface area contributed by atoms with Crippen molar-refractivity contribution in [1.29, 1.82) is 0 Å². The molecule has 2 amide bonds. The Morgan fingerprint density at radius 3 is 2.47 bits per heavy atom. The zero-order valence-electron chi connectivity index (χ0n) is 19.8. The second-order valence-electron chi connectivity index (χ2n) is 9.22. The third-order valence-electron chi connectivity index (χ3n) is 6.53. The molecule has 0 unspecified atom stereocenters. The molecule has 0 atom stereocenters. The Bertz CT molecular complexity index is 1390. The number of nitrogens with zero attached hydrogens (tertiary/aromatic N) is 3. The fourth-order valence-corrected chi connectivity index (χ4v) is 5.62. The number of carbonyl (C=O) groups is 2. The molecule has 0 saturated heterocycles. The first-order chi connectivity index (χ1) is 17.0. The number of aromatic nitrogens is 1. The van der Waals surface area contributed by atoms with E-state index in [1.54, 1.807) is 0 Å². The molecule has 0 fully saturated rings. The quantitative estimate of drug-likeness (QED) is 0.601. The number of carbonyl (C=O) groups excluding carboxylic acids is 2. The van der Waals surface area contributed by atoms with Gasteiger partial charge in [0.15, 0.2) is 5.75 Å². The molecule has 1 aromatic heterocycles. The Balaban J connectivity index is 1.70. The lowest BCUT2D eigenvalue weighted by atomic mass is 9.94. The Kier molecular flexibility index (Phi) is 7.42. The minimum atomic E-state index is -3.20. The van der Waals surface area contributed by atoms with Gasteiger partial charge in [-0.1, -0.05) is 17.7 Å². The molecule has 2 aliphatic rings. The Labute approximate surface area is 213 Å². The number of rotatable bonds is 6. The third-order valence-corrected chi connectivity index (χ3v) is 7.84. The van der Waals surface area contributed by atoms with Crippen LogP contribution < -0.4 is 5.56 Å². The van der Waals surface area contributed by atoms with Crippen molar-refractivity contribution in [3.8, 4) is 5.75 Å². The highest BCUT2D eigenvalue weighted by Gasteiger charge is 2.36. The number of benzene rings is 1. The van der Waals surface area contributed by atoms with E-state index in [9.17, 15) is 32.3 Å². The maximum absolute atomic E-state index is 13.6. The maximum atomic E-state index is 13.6. The van der Waals surface area contributed by atoms with Crippen LogP contribution in [-0.2, 0) is 29.3 Å². The first-order valence-electron chi connectivity index (χ1n) is 11.7. The number of hydrogen-bond acceptors (Lipinski definition) is 6. The van der Waals surface area contributed by atoms with Crippen LogP contribution in [0.4, 0.5) is 4.39 Å². The fraction of sp³-hybridized carbons (Fsp3) is 0.458. The molecule has 0 spiro atoms. The number of aromatic hydroxyl groups is 1. The van der Waals surface area contributed by atoms with Crippen LogP contribution in [0.3, 0.4) is 0 Å². The van der Waals surface area contributed by atoms with Crippen LogP contribution in [0.15, 0.2) is 23.0 Å². The van der Waals surface area contributed by atoms with Crippen molar-refractivity contribution in [2.45, 2.75) is 38.8 Å². The van der Waals surface area contributed by atoms with Crippen LogP contribution in [0, 0.1) is 5.82 Å². The van der Waals surface area contributed by atoms with E-state index in [1.807, 2.05) is 0 Å². The van der Waals surface area contributed by atoms with Crippen LogP contribution in [0.1, 0.15) is 51.2 Å². The van der Waals surface area contributed by atoms with Crippen LogP contribution in [0.5, 0.6) is 5.75 Å². The van der Waals surface area contributed by atoms with Gasteiger partial charge in [-0.15, -0.1) is 0 Å². The molecule has 3 heterocycles. The van der Waals surface area contributed by atoms with Crippen LogP contribution in [-0.4, -0.2) is 71.3 Å². The summed E-state index contributed by atoms with van der Waals surface area (Å²) >= 11 is 5.86. The van der Waals surface area contributed by atoms with Crippen molar-refractivity contribution in [1.82, 2.24) is 14.4 Å². The number of halogens is 2. The highest BCUT2D eigenvalue weighted by molar-refractivity contribution is 7.90. The number of fused-ring (bicyclic) bond motifs is 3. The predicted molar refractivity (Wildman–Crippen MR) is 132 cm³/mol. The first-order valence-corrected chi connectivity index (χ1v) is 14.1. The van der Waals surface area contributed by atoms with E-state index in [2.05, 4.69) is 0 Å². The zero-order chi connectivity index (χ0) is 26.2. The Morgan fingerprint density at radius 1 is 1.06 bits per heavy atom. The normalized spacial score (nSPS) is 16.4. The van der Waals surface area contributed by atoms with Crippen molar-refractivity contribution < 1.29 is 27.5 Å². The Hall–Kier alpha value is -2.92. The number of amides is 2. The summed E-state index contributed by atoms with van der Waals surface area (Å²) in [6, 6.07) is 4.10. The van der Waals surface area contributed by atoms with Gasteiger partial charge >= 0.3 is 0 Å². The highest BCUT2D eigenvalue weighted by atomic mass is 35.5. The van der Waals surface area contributed by atoms with Crippen LogP contribution in [0.25, 0.3) is 0 Å². The van der Waals surface area contributed by atoms with Crippen molar-refractivity contribution in [3.63, 3.8) is 0 Å². The summed E-state index contributed by atoms with van der Waals surface area (Å²) in [6.45, 7) is 1.12. The number of pyridine rings is 1. The van der Waals surface area contributed by atoms with E-state index in [-0.39, 0.29) is 61.1 Å². The van der Waals surface area contributed by atoms with Gasteiger partial charge in [0.2, 0.25) is 0 Å². The lowest BCUT2D eigenvalue weighted by molar-refractivity contribution is 0.0707. The van der Waals surface area contributed by atoms with Gasteiger partial charge in [-0.2, -0.15) is 0 Å². The van der Waals surface area contributed by atoms with Gasteiger partial charge in [-0.3, -0.25) is 14.4 Å². The molecule has 0 bridgehead atoms. The minimum Gasteiger partial charge on any atom is -0.502 e. The van der Waals surface area contributed by atoms with Crippen LogP contribution in [0.2, 0.25) is 5.02 Å². The van der Waals surface area contributed by atoms with Crippen molar-refractivity contribution in [2.24, 2.45) is 0 Å². The molecule has 1 N–H and O–H groups in total. The standard InChI is InChI=1S/C24H27ClFN3O6S/c1-36(34,35)12-4-9-27-8-2-3-10-29-20(23(27)32)16-7-11-28(22(31)19(16)21(30)24(29)33)14-15-5-6-18(26)17(25)13-15/h5-6,13,30H,2-4,7-12,14H2,1H3. The summed E-state index contributed by atoms with van der Waals surface area (Å²) in [4.78, 5) is 43.0. The van der Waals surface area contributed by atoms with E-state index < -0.39 is 38.8 Å². The predicted octanol–water partition coefficient (Wildman–Crippen LogP) is 2.22. The second-order valence-corrected chi connectivity index (χ2v) is 11.9. The Morgan fingerprint density at radius 2 is 1.78 bits per heavy atom. The SMILES string of the molecule is CS(=O)(=O)CCCN1CCCCn2c(c3c(c(O)c2=O)C(=O)N(Cc2ccc(F)c(Cl)c2)CC3)C1=O. The van der Waals surface area contributed by atoms with Gasteiger partial charge in [0.1, 0.15) is 21.3 Å². The monoisotopic (exact) mass is 539 g/mol. The average Bonchev–Trinajstić information content (AvgIpc) is 2.80. The summed E-state index contributed by atoms with van der Waals surface area (Å²) in [5.41, 5.74) is -0.0465. The molecule has 2 aliphatic heterocycles. The summed E-state index contributed by atoms with van der Waals surface area (Å²) in [5.74, 6) is -2.41.